The minimum absolute atomic E-state index is 0.142. The van der Waals surface area contributed by atoms with E-state index in [0.29, 0.717) is 21.3 Å². The van der Waals surface area contributed by atoms with Crippen LogP contribution in [0.4, 0.5) is 5.69 Å². The molecule has 0 heterocycles. The molecule has 2 aromatic carbocycles. The van der Waals surface area contributed by atoms with Crippen molar-refractivity contribution in [1.29, 1.82) is 0 Å². The highest BCUT2D eigenvalue weighted by molar-refractivity contribution is 7.92. The van der Waals surface area contributed by atoms with Crippen LogP contribution in [0.5, 0.6) is 0 Å². The van der Waals surface area contributed by atoms with Gasteiger partial charge in [0.25, 0.3) is 0 Å². The first-order valence-electron chi connectivity index (χ1n) is 7.45. The molecule has 5 nitrogen and oxygen atoms in total. The second-order valence-electron chi connectivity index (χ2n) is 5.68. The number of benzene rings is 2. The fourth-order valence-electron chi connectivity index (χ4n) is 2.37. The van der Waals surface area contributed by atoms with Gasteiger partial charge in [0.05, 0.1) is 34.5 Å². The molecule has 0 aliphatic heterocycles. The van der Waals surface area contributed by atoms with Crippen LogP contribution in [0, 0.1) is 0 Å². The first kappa shape index (κ1) is 19.6. The van der Waals surface area contributed by atoms with Crippen molar-refractivity contribution in [2.45, 2.75) is 19.4 Å². The summed E-state index contributed by atoms with van der Waals surface area (Å²) in [7, 11) is -3.41. The Hall–Kier alpha value is -1.76. The Labute approximate surface area is 157 Å². The summed E-state index contributed by atoms with van der Waals surface area (Å²) in [5.41, 5.74) is 1.85. The molecule has 25 heavy (non-hydrogen) atoms. The second-order valence-corrected chi connectivity index (χ2v) is 8.24. The van der Waals surface area contributed by atoms with Crippen LogP contribution in [0.15, 0.2) is 42.5 Å². The lowest BCUT2D eigenvalue weighted by Gasteiger charge is -2.18. The van der Waals surface area contributed by atoms with Gasteiger partial charge in [0.2, 0.25) is 15.9 Å². The molecule has 0 bridgehead atoms. The molecule has 2 rings (SSSR count). The molecule has 0 aromatic heterocycles. The fraction of sp³-hybridized carbons (Fsp3) is 0.235. The lowest BCUT2D eigenvalue weighted by Crippen LogP contribution is -2.28. The van der Waals surface area contributed by atoms with Gasteiger partial charge in [0.15, 0.2) is 0 Å². The minimum atomic E-state index is -3.41. The van der Waals surface area contributed by atoms with Crippen LogP contribution in [0.25, 0.3) is 0 Å². The number of carbonyl (C=O) groups is 1. The molecular formula is C17H18Cl2N2O3S. The Morgan fingerprint density at radius 3 is 2.44 bits per heavy atom. The second kappa shape index (κ2) is 8.08. The van der Waals surface area contributed by atoms with E-state index in [1.807, 2.05) is 0 Å². The Bertz CT molecular complexity index is 885. The lowest BCUT2D eigenvalue weighted by atomic mass is 10.1. The maximum atomic E-state index is 12.3. The quantitative estimate of drug-likeness (QED) is 0.774. The molecule has 8 heteroatoms. The number of carbonyl (C=O) groups excluding carboxylic acids is 1. The van der Waals surface area contributed by atoms with Gasteiger partial charge in [-0.2, -0.15) is 0 Å². The van der Waals surface area contributed by atoms with Crippen molar-refractivity contribution >= 4 is 44.8 Å². The Balaban J connectivity index is 2.10. The molecule has 0 aliphatic rings. The van der Waals surface area contributed by atoms with Crippen LogP contribution in [-0.2, 0) is 21.2 Å². The van der Waals surface area contributed by atoms with Crippen LogP contribution in [-0.4, -0.2) is 20.6 Å². The van der Waals surface area contributed by atoms with Crippen LogP contribution >= 0.6 is 23.2 Å². The van der Waals surface area contributed by atoms with E-state index in [4.69, 9.17) is 23.2 Å². The topological polar surface area (TPSA) is 75.3 Å². The maximum Gasteiger partial charge on any atom is 0.229 e. The van der Waals surface area contributed by atoms with Gasteiger partial charge in [-0.25, -0.2) is 8.42 Å². The summed E-state index contributed by atoms with van der Waals surface area (Å²) in [5.74, 6) is -0.208. The van der Waals surface area contributed by atoms with E-state index in [9.17, 15) is 13.2 Å². The SMILES string of the molecule is CC(NC(=O)Cc1ccc(Cl)c(Cl)c1)c1ccccc1NS(C)(=O)=O. The van der Waals surface area contributed by atoms with E-state index in [1.54, 1.807) is 49.4 Å². The molecule has 134 valence electrons. The van der Waals surface area contributed by atoms with Gasteiger partial charge >= 0.3 is 0 Å². The fourth-order valence-corrected chi connectivity index (χ4v) is 3.28. The normalized spacial score (nSPS) is 12.5. The van der Waals surface area contributed by atoms with E-state index in [0.717, 1.165) is 11.8 Å². The standard InChI is InChI=1S/C17H18Cl2N2O3S/c1-11(13-5-3-4-6-16(13)21-25(2,23)24)20-17(22)10-12-7-8-14(18)15(19)9-12/h3-9,11,21H,10H2,1-2H3,(H,20,22). The molecule has 0 fully saturated rings. The molecular weight excluding hydrogens is 383 g/mol. The zero-order chi connectivity index (χ0) is 18.6. The Kier molecular flexibility index (Phi) is 6.32. The summed E-state index contributed by atoms with van der Waals surface area (Å²) in [4.78, 5) is 12.3. The first-order chi connectivity index (χ1) is 11.7. The molecule has 2 N–H and O–H groups in total. The highest BCUT2D eigenvalue weighted by Crippen LogP contribution is 2.25. The summed E-state index contributed by atoms with van der Waals surface area (Å²) in [6.07, 6.45) is 1.22. The molecule has 1 amide bonds. The van der Waals surface area contributed by atoms with E-state index in [1.165, 1.54) is 0 Å². The Morgan fingerprint density at radius 1 is 1.12 bits per heavy atom. The minimum Gasteiger partial charge on any atom is -0.349 e. The van der Waals surface area contributed by atoms with Crippen molar-refractivity contribution < 1.29 is 13.2 Å². The third-order valence-electron chi connectivity index (χ3n) is 3.45. The molecule has 0 spiro atoms. The number of hydrogen-bond donors (Lipinski definition) is 2. The van der Waals surface area contributed by atoms with Gasteiger partial charge in [-0.15, -0.1) is 0 Å². The van der Waals surface area contributed by atoms with Gasteiger partial charge in [-0.05, 0) is 36.2 Å². The average molecular weight is 401 g/mol. The van der Waals surface area contributed by atoms with Gasteiger partial charge in [-0.1, -0.05) is 47.5 Å². The van der Waals surface area contributed by atoms with Crippen LogP contribution < -0.4 is 10.0 Å². The van der Waals surface area contributed by atoms with Crippen molar-refractivity contribution in [2.75, 3.05) is 11.0 Å². The van der Waals surface area contributed by atoms with Crippen molar-refractivity contribution in [3.05, 3.63) is 63.6 Å². The van der Waals surface area contributed by atoms with Crippen molar-refractivity contribution in [2.24, 2.45) is 0 Å². The molecule has 2 aromatic rings. The van der Waals surface area contributed by atoms with Crippen LogP contribution in [0.3, 0.4) is 0 Å². The summed E-state index contributed by atoms with van der Waals surface area (Å²) in [6.45, 7) is 1.79. The number of para-hydroxylation sites is 1. The van der Waals surface area contributed by atoms with E-state index >= 15 is 0 Å². The number of hydrogen-bond acceptors (Lipinski definition) is 3. The summed E-state index contributed by atoms with van der Waals surface area (Å²) < 4.78 is 25.4. The number of sulfonamides is 1. The number of amides is 1. The van der Waals surface area contributed by atoms with Crippen LogP contribution in [0.2, 0.25) is 10.0 Å². The third kappa shape index (κ3) is 5.92. The summed E-state index contributed by atoms with van der Waals surface area (Å²) >= 11 is 11.8. The lowest BCUT2D eigenvalue weighted by molar-refractivity contribution is -0.121. The molecule has 0 radical (unpaired) electrons. The van der Waals surface area contributed by atoms with Crippen molar-refractivity contribution in [3.8, 4) is 0 Å². The zero-order valence-corrected chi connectivity index (χ0v) is 16.0. The number of halogens is 2. The number of nitrogens with one attached hydrogen (secondary N) is 2. The smallest absolute Gasteiger partial charge is 0.229 e. The zero-order valence-electron chi connectivity index (χ0n) is 13.7. The average Bonchev–Trinajstić information content (AvgIpc) is 2.49. The van der Waals surface area contributed by atoms with E-state index in [2.05, 4.69) is 10.0 Å². The predicted molar refractivity (Wildman–Crippen MR) is 102 cm³/mol. The van der Waals surface area contributed by atoms with Gasteiger partial charge in [0, 0.05) is 0 Å². The molecule has 1 atom stereocenters. The summed E-state index contributed by atoms with van der Waals surface area (Å²) in [6, 6.07) is 11.6. The molecule has 0 saturated carbocycles. The van der Waals surface area contributed by atoms with Crippen molar-refractivity contribution in [1.82, 2.24) is 5.32 Å². The monoisotopic (exact) mass is 400 g/mol. The molecule has 1 unspecified atom stereocenters. The van der Waals surface area contributed by atoms with E-state index < -0.39 is 10.0 Å². The number of rotatable bonds is 6. The largest absolute Gasteiger partial charge is 0.349 e. The molecule has 0 aliphatic carbocycles. The Morgan fingerprint density at radius 2 is 1.80 bits per heavy atom. The van der Waals surface area contributed by atoms with Gasteiger partial charge < -0.3 is 5.32 Å². The van der Waals surface area contributed by atoms with Crippen molar-refractivity contribution in [3.63, 3.8) is 0 Å². The third-order valence-corrected chi connectivity index (χ3v) is 4.78. The number of anilines is 1. The van der Waals surface area contributed by atoms with E-state index in [-0.39, 0.29) is 18.4 Å². The summed E-state index contributed by atoms with van der Waals surface area (Å²) in [5, 5.41) is 3.68. The van der Waals surface area contributed by atoms with Crippen LogP contribution in [0.1, 0.15) is 24.1 Å². The first-order valence-corrected chi connectivity index (χ1v) is 10.1. The van der Waals surface area contributed by atoms with Gasteiger partial charge in [0.1, 0.15) is 0 Å². The highest BCUT2D eigenvalue weighted by atomic mass is 35.5. The maximum absolute atomic E-state index is 12.3. The van der Waals surface area contributed by atoms with Gasteiger partial charge in [-0.3, -0.25) is 9.52 Å². The molecule has 0 saturated heterocycles. The predicted octanol–water partition coefficient (Wildman–Crippen LogP) is 3.78. The highest BCUT2D eigenvalue weighted by Gasteiger charge is 2.15.